The van der Waals surface area contributed by atoms with Gasteiger partial charge in [0.25, 0.3) is 0 Å². The van der Waals surface area contributed by atoms with Gasteiger partial charge in [-0.15, -0.1) is 0 Å². The highest BCUT2D eigenvalue weighted by atomic mass is 32.2. The van der Waals surface area contributed by atoms with E-state index in [9.17, 15) is 5.11 Å². The zero-order valence-corrected chi connectivity index (χ0v) is 10.7. The smallest absolute Gasteiger partial charge is 0.0753 e. The van der Waals surface area contributed by atoms with E-state index in [4.69, 9.17) is 0 Å². The largest absolute Gasteiger partial charge is 0.395 e. The number of aliphatic hydroxyl groups excluding tert-OH is 1. The lowest BCUT2D eigenvalue weighted by Crippen LogP contribution is -2.39. The van der Waals surface area contributed by atoms with Gasteiger partial charge in [-0.05, 0) is 20.1 Å². The molecule has 0 fully saturated rings. The second-order valence-corrected chi connectivity index (χ2v) is 4.84. The molecule has 0 saturated heterocycles. The number of nitrogens with one attached hydrogen (secondary N) is 1. The van der Waals surface area contributed by atoms with Crippen LogP contribution in [0.2, 0.25) is 0 Å². The lowest BCUT2D eigenvalue weighted by molar-refractivity contribution is 0.271. The molecule has 1 aromatic heterocycles. The van der Waals surface area contributed by atoms with E-state index in [-0.39, 0.29) is 23.9 Å². The molecule has 16 heavy (non-hydrogen) atoms. The summed E-state index contributed by atoms with van der Waals surface area (Å²) in [5.74, 6) is 0. The number of hydrogen-bond acceptors (Lipinski definition) is 5. The van der Waals surface area contributed by atoms with Gasteiger partial charge in [-0.2, -0.15) is 11.8 Å². The van der Waals surface area contributed by atoms with E-state index in [2.05, 4.69) is 29.1 Å². The number of thioether (sulfide) groups is 1. The van der Waals surface area contributed by atoms with Crippen molar-refractivity contribution >= 4 is 11.8 Å². The van der Waals surface area contributed by atoms with Gasteiger partial charge in [-0.1, -0.05) is 0 Å². The molecule has 3 atom stereocenters. The van der Waals surface area contributed by atoms with Crippen LogP contribution in [-0.2, 0) is 0 Å². The van der Waals surface area contributed by atoms with Gasteiger partial charge in [0, 0.05) is 35.9 Å². The van der Waals surface area contributed by atoms with Crippen LogP contribution in [0, 0.1) is 0 Å². The topological polar surface area (TPSA) is 58.0 Å². The maximum absolute atomic E-state index is 9.19. The molecule has 0 amide bonds. The second kappa shape index (κ2) is 6.83. The highest BCUT2D eigenvalue weighted by molar-refractivity contribution is 7.99. The van der Waals surface area contributed by atoms with Gasteiger partial charge in [0.15, 0.2) is 0 Å². The van der Waals surface area contributed by atoms with Crippen molar-refractivity contribution in [2.24, 2.45) is 0 Å². The Labute approximate surface area is 101 Å². The first-order chi connectivity index (χ1) is 7.69. The minimum Gasteiger partial charge on any atom is -0.395 e. The fraction of sp³-hybridized carbons (Fsp3) is 0.636. The van der Waals surface area contributed by atoms with Gasteiger partial charge in [0.1, 0.15) is 0 Å². The highest BCUT2D eigenvalue weighted by Crippen LogP contribution is 2.14. The minimum atomic E-state index is 0.143. The number of rotatable bonds is 6. The summed E-state index contributed by atoms with van der Waals surface area (Å²) in [7, 11) is 0. The highest BCUT2D eigenvalue weighted by Gasteiger charge is 2.18. The molecule has 0 radical (unpaired) electrons. The molecule has 4 nitrogen and oxygen atoms in total. The molecule has 3 unspecified atom stereocenters. The van der Waals surface area contributed by atoms with E-state index in [1.807, 2.05) is 6.26 Å². The van der Waals surface area contributed by atoms with Crippen molar-refractivity contribution in [2.45, 2.75) is 31.2 Å². The number of aromatic nitrogens is 2. The molecule has 0 aliphatic carbocycles. The lowest BCUT2D eigenvalue weighted by atomic mass is 10.1. The predicted molar refractivity (Wildman–Crippen MR) is 67.4 cm³/mol. The summed E-state index contributed by atoms with van der Waals surface area (Å²) >= 11 is 1.67. The maximum Gasteiger partial charge on any atom is 0.0753 e. The lowest BCUT2D eigenvalue weighted by Gasteiger charge is -2.24. The molecule has 90 valence electrons. The van der Waals surface area contributed by atoms with Crippen LogP contribution in [-0.4, -0.2) is 39.2 Å². The number of nitrogens with zero attached hydrogens (tertiary/aromatic N) is 2. The van der Waals surface area contributed by atoms with Crippen LogP contribution in [0.1, 0.15) is 25.6 Å². The van der Waals surface area contributed by atoms with Crippen molar-refractivity contribution in [3.8, 4) is 0 Å². The van der Waals surface area contributed by atoms with E-state index in [1.165, 1.54) is 0 Å². The summed E-state index contributed by atoms with van der Waals surface area (Å²) in [4.78, 5) is 8.29. The van der Waals surface area contributed by atoms with E-state index in [0.717, 1.165) is 5.69 Å². The number of hydrogen-bond donors (Lipinski definition) is 2. The normalized spacial score (nSPS) is 16.8. The molecule has 0 aliphatic rings. The summed E-state index contributed by atoms with van der Waals surface area (Å²) in [6, 6.07) is 0.377. The van der Waals surface area contributed by atoms with E-state index in [0.29, 0.717) is 0 Å². The van der Waals surface area contributed by atoms with E-state index < -0.39 is 0 Å². The summed E-state index contributed by atoms with van der Waals surface area (Å²) in [5.41, 5.74) is 0.923. The fourth-order valence-corrected chi connectivity index (χ4v) is 2.19. The third-order valence-electron chi connectivity index (χ3n) is 2.58. The average Bonchev–Trinajstić information content (AvgIpc) is 2.31. The monoisotopic (exact) mass is 241 g/mol. The van der Waals surface area contributed by atoms with Crippen LogP contribution in [0.3, 0.4) is 0 Å². The summed E-state index contributed by atoms with van der Waals surface area (Å²) in [6.45, 7) is 4.31. The molecular weight excluding hydrogens is 222 g/mol. The van der Waals surface area contributed by atoms with Gasteiger partial charge < -0.3 is 10.4 Å². The molecule has 0 bridgehead atoms. The summed E-state index contributed by atoms with van der Waals surface area (Å²) in [5, 5.41) is 12.8. The van der Waals surface area contributed by atoms with Crippen molar-refractivity contribution in [3.63, 3.8) is 0 Å². The SMILES string of the molecule is CSC(CO)C(C)NC(C)c1cnccn1. The fourth-order valence-electron chi connectivity index (χ4n) is 1.56. The average molecular weight is 241 g/mol. The molecule has 1 rings (SSSR count). The van der Waals surface area contributed by atoms with Gasteiger partial charge in [-0.25, -0.2) is 0 Å². The van der Waals surface area contributed by atoms with Gasteiger partial charge >= 0.3 is 0 Å². The first kappa shape index (κ1) is 13.4. The van der Waals surface area contributed by atoms with E-state index >= 15 is 0 Å². The Morgan fingerprint density at radius 2 is 2.19 bits per heavy atom. The van der Waals surface area contributed by atoms with E-state index in [1.54, 1.807) is 30.4 Å². The van der Waals surface area contributed by atoms with Crippen LogP contribution in [0.15, 0.2) is 18.6 Å². The van der Waals surface area contributed by atoms with Crippen LogP contribution in [0.4, 0.5) is 0 Å². The summed E-state index contributed by atoms with van der Waals surface area (Å²) in [6.07, 6.45) is 7.12. The first-order valence-corrected chi connectivity index (χ1v) is 6.63. The van der Waals surface area contributed by atoms with Crippen LogP contribution >= 0.6 is 11.8 Å². The molecule has 2 N–H and O–H groups in total. The Kier molecular flexibility index (Phi) is 5.73. The minimum absolute atomic E-state index is 0.143. The molecule has 0 spiro atoms. The zero-order chi connectivity index (χ0) is 12.0. The molecule has 0 aromatic carbocycles. The molecule has 1 heterocycles. The Hall–Kier alpha value is -0.650. The molecular formula is C11H19N3OS. The first-order valence-electron chi connectivity index (χ1n) is 5.34. The molecule has 0 aliphatic heterocycles. The maximum atomic E-state index is 9.19. The zero-order valence-electron chi connectivity index (χ0n) is 9.92. The second-order valence-electron chi connectivity index (χ2n) is 3.76. The molecule has 5 heteroatoms. The van der Waals surface area contributed by atoms with Gasteiger partial charge in [0.05, 0.1) is 12.3 Å². The van der Waals surface area contributed by atoms with Crippen LogP contribution in [0.25, 0.3) is 0 Å². The third kappa shape index (κ3) is 3.73. The van der Waals surface area contributed by atoms with Gasteiger partial charge in [-0.3, -0.25) is 9.97 Å². The molecule has 1 aromatic rings. The van der Waals surface area contributed by atoms with Crippen molar-refractivity contribution in [3.05, 3.63) is 24.3 Å². The van der Waals surface area contributed by atoms with Crippen molar-refractivity contribution in [2.75, 3.05) is 12.9 Å². The van der Waals surface area contributed by atoms with Crippen LogP contribution in [0.5, 0.6) is 0 Å². The Bertz CT molecular complexity index is 293. The Balaban J connectivity index is 2.54. The Morgan fingerprint density at radius 3 is 2.69 bits per heavy atom. The third-order valence-corrected chi connectivity index (χ3v) is 3.74. The van der Waals surface area contributed by atoms with Crippen molar-refractivity contribution in [1.29, 1.82) is 0 Å². The molecule has 0 saturated carbocycles. The van der Waals surface area contributed by atoms with Crippen molar-refractivity contribution in [1.82, 2.24) is 15.3 Å². The van der Waals surface area contributed by atoms with Gasteiger partial charge in [0.2, 0.25) is 0 Å². The standard InChI is InChI=1S/C11H19N3OS/c1-8(10-6-12-4-5-13-10)14-9(2)11(7-15)16-3/h4-6,8-9,11,14-15H,7H2,1-3H3. The predicted octanol–water partition coefficient (Wildman–Crippen LogP) is 1.24. The summed E-state index contributed by atoms with van der Waals surface area (Å²) < 4.78 is 0. The quantitative estimate of drug-likeness (QED) is 0.785. The van der Waals surface area contributed by atoms with Crippen molar-refractivity contribution < 1.29 is 5.11 Å². The van der Waals surface area contributed by atoms with Crippen LogP contribution < -0.4 is 5.32 Å². The Morgan fingerprint density at radius 1 is 1.44 bits per heavy atom. The number of aliphatic hydroxyl groups is 1.